The van der Waals surface area contributed by atoms with Crippen LogP contribution in [0.1, 0.15) is 23.5 Å². The topological polar surface area (TPSA) is 53.7 Å². The lowest BCUT2D eigenvalue weighted by Crippen LogP contribution is -2.26. The van der Waals surface area contributed by atoms with Crippen molar-refractivity contribution in [2.24, 2.45) is 5.73 Å². The third-order valence-electron chi connectivity index (χ3n) is 3.21. The summed E-state index contributed by atoms with van der Waals surface area (Å²) < 4.78 is 17.7. The molecule has 1 aromatic carbocycles. The van der Waals surface area contributed by atoms with Crippen molar-refractivity contribution in [1.82, 2.24) is 0 Å². The zero-order valence-electron chi connectivity index (χ0n) is 11.5. The van der Waals surface area contributed by atoms with E-state index in [1.54, 1.807) is 11.3 Å². The molecule has 1 aliphatic rings. The number of hydrogen-bond donors (Lipinski definition) is 1. The van der Waals surface area contributed by atoms with Gasteiger partial charge in [0.25, 0.3) is 0 Å². The zero-order valence-corrected chi connectivity index (χ0v) is 13.9. The van der Waals surface area contributed by atoms with Crippen LogP contribution in [-0.2, 0) is 11.3 Å². The molecule has 1 aliphatic heterocycles. The van der Waals surface area contributed by atoms with Crippen LogP contribution in [0.5, 0.6) is 11.5 Å². The number of benzene rings is 1. The molecule has 0 saturated heterocycles. The summed E-state index contributed by atoms with van der Waals surface area (Å²) in [6, 6.07) is 7.81. The van der Waals surface area contributed by atoms with E-state index >= 15 is 0 Å². The van der Waals surface area contributed by atoms with Crippen molar-refractivity contribution in [2.75, 3.05) is 6.79 Å². The molecule has 2 aromatic rings. The van der Waals surface area contributed by atoms with Gasteiger partial charge in [-0.15, -0.1) is 11.3 Å². The van der Waals surface area contributed by atoms with Gasteiger partial charge in [0.2, 0.25) is 6.79 Å². The van der Waals surface area contributed by atoms with Crippen LogP contribution in [0.25, 0.3) is 0 Å². The van der Waals surface area contributed by atoms with Crippen LogP contribution in [0, 0.1) is 0 Å². The first kappa shape index (κ1) is 14.8. The van der Waals surface area contributed by atoms with E-state index in [4.69, 9.17) is 19.9 Å². The molecule has 2 atom stereocenters. The first-order valence-corrected chi connectivity index (χ1v) is 8.30. The standard InChI is InChI=1S/C15H16BrNO3S/c1-9(17)15(14-5-11(16)7-21-14)18-6-10-2-3-12-13(4-10)20-8-19-12/h2-5,7,9,15H,6,8,17H2,1H3. The highest BCUT2D eigenvalue weighted by Crippen LogP contribution is 2.34. The van der Waals surface area contributed by atoms with E-state index in [0.717, 1.165) is 26.4 Å². The second-order valence-electron chi connectivity index (χ2n) is 4.95. The monoisotopic (exact) mass is 369 g/mol. The molecule has 3 rings (SSSR count). The molecule has 2 N–H and O–H groups in total. The van der Waals surface area contributed by atoms with Gasteiger partial charge >= 0.3 is 0 Å². The fourth-order valence-electron chi connectivity index (χ4n) is 2.19. The van der Waals surface area contributed by atoms with E-state index < -0.39 is 0 Å². The summed E-state index contributed by atoms with van der Waals surface area (Å²) in [6.45, 7) is 2.72. The Balaban J connectivity index is 1.69. The fourth-order valence-corrected chi connectivity index (χ4v) is 3.79. The van der Waals surface area contributed by atoms with Gasteiger partial charge in [0.1, 0.15) is 6.10 Å². The van der Waals surface area contributed by atoms with Gasteiger partial charge < -0.3 is 19.9 Å². The molecule has 112 valence electrons. The quantitative estimate of drug-likeness (QED) is 0.869. The SMILES string of the molecule is CC(N)C(OCc1ccc2c(c1)OCO2)c1cc(Br)cs1. The maximum absolute atomic E-state index is 6.05. The lowest BCUT2D eigenvalue weighted by Gasteiger charge is -2.20. The third-order valence-corrected chi connectivity index (χ3v) is 4.97. The highest BCUT2D eigenvalue weighted by Gasteiger charge is 2.20. The van der Waals surface area contributed by atoms with E-state index in [-0.39, 0.29) is 18.9 Å². The minimum Gasteiger partial charge on any atom is -0.454 e. The minimum absolute atomic E-state index is 0.0791. The molecule has 0 amide bonds. The van der Waals surface area contributed by atoms with Crippen LogP contribution in [0.15, 0.2) is 34.1 Å². The molecule has 1 aromatic heterocycles. The second kappa shape index (κ2) is 6.36. The Morgan fingerprint density at radius 2 is 2.14 bits per heavy atom. The van der Waals surface area contributed by atoms with Gasteiger partial charge in [0.05, 0.1) is 6.61 Å². The molecule has 0 spiro atoms. The number of halogens is 1. The maximum Gasteiger partial charge on any atom is 0.231 e. The third kappa shape index (κ3) is 3.40. The summed E-state index contributed by atoms with van der Waals surface area (Å²) >= 11 is 5.11. The van der Waals surface area contributed by atoms with Gasteiger partial charge in [-0.2, -0.15) is 0 Å². The normalized spacial score (nSPS) is 16.0. The number of rotatable bonds is 5. The van der Waals surface area contributed by atoms with Crippen molar-refractivity contribution in [2.45, 2.75) is 25.7 Å². The molecule has 4 nitrogen and oxygen atoms in total. The fraction of sp³-hybridized carbons (Fsp3) is 0.333. The maximum atomic E-state index is 6.05. The lowest BCUT2D eigenvalue weighted by atomic mass is 10.1. The Kier molecular flexibility index (Phi) is 4.49. The van der Waals surface area contributed by atoms with Crippen LogP contribution >= 0.6 is 27.3 Å². The summed E-state index contributed by atoms with van der Waals surface area (Å²) in [4.78, 5) is 1.12. The molecule has 6 heteroatoms. The largest absolute Gasteiger partial charge is 0.454 e. The summed E-state index contributed by atoms with van der Waals surface area (Å²) in [5, 5.41) is 2.04. The van der Waals surface area contributed by atoms with Crippen molar-refractivity contribution in [3.63, 3.8) is 0 Å². The Bertz CT molecular complexity index is 629. The molecule has 0 radical (unpaired) electrons. The minimum atomic E-state index is -0.119. The zero-order chi connectivity index (χ0) is 14.8. The molecular formula is C15H16BrNO3S. The van der Waals surface area contributed by atoms with Crippen molar-refractivity contribution in [1.29, 1.82) is 0 Å². The Morgan fingerprint density at radius 1 is 1.33 bits per heavy atom. The number of nitrogens with two attached hydrogens (primary N) is 1. The van der Waals surface area contributed by atoms with Gasteiger partial charge in [-0.1, -0.05) is 6.07 Å². The predicted molar refractivity (Wildman–Crippen MR) is 85.8 cm³/mol. The van der Waals surface area contributed by atoms with Crippen LogP contribution in [-0.4, -0.2) is 12.8 Å². The van der Waals surface area contributed by atoms with Gasteiger partial charge in [0.15, 0.2) is 11.5 Å². The summed E-state index contributed by atoms with van der Waals surface area (Å²) in [5.41, 5.74) is 7.10. The van der Waals surface area contributed by atoms with E-state index in [0.29, 0.717) is 6.61 Å². The Hall–Kier alpha value is -1.08. The van der Waals surface area contributed by atoms with Crippen molar-refractivity contribution in [3.05, 3.63) is 44.6 Å². The average molecular weight is 370 g/mol. The summed E-state index contributed by atoms with van der Waals surface area (Å²) in [7, 11) is 0. The van der Waals surface area contributed by atoms with E-state index in [9.17, 15) is 0 Å². The second-order valence-corrected chi connectivity index (χ2v) is 6.80. The molecule has 0 fully saturated rings. The van der Waals surface area contributed by atoms with E-state index in [2.05, 4.69) is 22.0 Å². The van der Waals surface area contributed by atoms with Crippen LogP contribution < -0.4 is 15.2 Å². The summed E-state index contributed by atoms with van der Waals surface area (Å²) in [6.07, 6.45) is -0.119. The highest BCUT2D eigenvalue weighted by molar-refractivity contribution is 9.10. The number of thiophene rings is 1. The average Bonchev–Trinajstić information content (AvgIpc) is 3.07. The van der Waals surface area contributed by atoms with E-state index in [1.807, 2.05) is 30.5 Å². The molecule has 2 heterocycles. The molecular weight excluding hydrogens is 354 g/mol. The van der Waals surface area contributed by atoms with Gasteiger partial charge in [-0.05, 0) is 46.6 Å². The first-order chi connectivity index (χ1) is 10.1. The van der Waals surface area contributed by atoms with Crippen LogP contribution in [0.2, 0.25) is 0 Å². The molecule has 0 aliphatic carbocycles. The Morgan fingerprint density at radius 3 is 2.86 bits per heavy atom. The van der Waals surface area contributed by atoms with Crippen molar-refractivity contribution in [3.8, 4) is 11.5 Å². The van der Waals surface area contributed by atoms with E-state index in [1.165, 1.54) is 0 Å². The molecule has 21 heavy (non-hydrogen) atoms. The number of fused-ring (bicyclic) bond motifs is 1. The van der Waals surface area contributed by atoms with Gasteiger partial charge in [-0.3, -0.25) is 0 Å². The predicted octanol–water partition coefficient (Wildman–Crippen LogP) is 3.84. The smallest absolute Gasteiger partial charge is 0.231 e. The van der Waals surface area contributed by atoms with Crippen LogP contribution in [0.4, 0.5) is 0 Å². The lowest BCUT2D eigenvalue weighted by molar-refractivity contribution is 0.0281. The molecule has 0 bridgehead atoms. The van der Waals surface area contributed by atoms with Crippen molar-refractivity contribution >= 4 is 27.3 Å². The Labute approximate surface area is 135 Å². The molecule has 0 saturated carbocycles. The highest BCUT2D eigenvalue weighted by atomic mass is 79.9. The van der Waals surface area contributed by atoms with Gasteiger partial charge in [0, 0.05) is 20.8 Å². The number of ether oxygens (including phenoxy) is 3. The molecule has 2 unspecified atom stereocenters. The van der Waals surface area contributed by atoms with Gasteiger partial charge in [-0.25, -0.2) is 0 Å². The first-order valence-electron chi connectivity index (χ1n) is 6.63. The van der Waals surface area contributed by atoms with Crippen LogP contribution in [0.3, 0.4) is 0 Å². The number of hydrogen-bond acceptors (Lipinski definition) is 5. The van der Waals surface area contributed by atoms with Crippen molar-refractivity contribution < 1.29 is 14.2 Å². The summed E-state index contributed by atoms with van der Waals surface area (Å²) in [5.74, 6) is 1.55.